The summed E-state index contributed by atoms with van der Waals surface area (Å²) in [6.45, 7) is 7.95. The van der Waals surface area contributed by atoms with Crippen LogP contribution in [0, 0.1) is 5.92 Å². The number of rotatable bonds is 4. The minimum atomic E-state index is -0.196. The SMILES string of the molecule is Cl.Cl.O=C1CCC(c2ccc(N3CCN(CC4CCNCC4)CC3)cc2)C(=O)N1. The third-order valence-corrected chi connectivity index (χ3v) is 6.25. The summed E-state index contributed by atoms with van der Waals surface area (Å²) in [5.41, 5.74) is 2.24. The van der Waals surface area contributed by atoms with Crippen LogP contribution in [0.5, 0.6) is 0 Å². The maximum atomic E-state index is 12.0. The van der Waals surface area contributed by atoms with Crippen molar-refractivity contribution >= 4 is 42.3 Å². The molecule has 2 amide bonds. The lowest BCUT2D eigenvalue weighted by atomic mass is 9.90. The third kappa shape index (κ3) is 6.07. The first-order chi connectivity index (χ1) is 13.2. The van der Waals surface area contributed by atoms with Crippen LogP contribution in [0.25, 0.3) is 0 Å². The molecule has 0 radical (unpaired) electrons. The molecule has 3 aliphatic heterocycles. The zero-order valence-electron chi connectivity index (χ0n) is 16.8. The van der Waals surface area contributed by atoms with Crippen LogP contribution in [0.1, 0.15) is 37.2 Å². The van der Waals surface area contributed by atoms with Crippen molar-refractivity contribution in [1.82, 2.24) is 15.5 Å². The number of carbonyl (C=O) groups is 2. The lowest BCUT2D eigenvalue weighted by Gasteiger charge is -2.38. The molecule has 4 rings (SSSR count). The summed E-state index contributed by atoms with van der Waals surface area (Å²) in [6, 6.07) is 8.36. The van der Waals surface area contributed by atoms with Crippen molar-refractivity contribution in [2.24, 2.45) is 5.92 Å². The molecule has 3 aliphatic rings. The second-order valence-electron chi connectivity index (χ2n) is 8.08. The van der Waals surface area contributed by atoms with Gasteiger partial charge in [0.1, 0.15) is 0 Å². The Balaban J connectivity index is 0.00000150. The third-order valence-electron chi connectivity index (χ3n) is 6.25. The summed E-state index contributed by atoms with van der Waals surface area (Å²) in [6.07, 6.45) is 3.65. The van der Waals surface area contributed by atoms with Crippen molar-refractivity contribution in [3.05, 3.63) is 29.8 Å². The number of piperidine rings is 2. The predicted molar refractivity (Wildman–Crippen MR) is 120 cm³/mol. The largest absolute Gasteiger partial charge is 0.369 e. The van der Waals surface area contributed by atoms with Gasteiger partial charge in [0.05, 0.1) is 5.92 Å². The predicted octanol–water partition coefficient (Wildman–Crippen LogP) is 2.17. The number of imide groups is 1. The molecule has 0 bridgehead atoms. The molecule has 3 saturated heterocycles. The number of piperazine rings is 1. The Morgan fingerprint density at radius 2 is 1.55 bits per heavy atom. The second-order valence-corrected chi connectivity index (χ2v) is 8.08. The number of benzene rings is 1. The molecule has 3 fully saturated rings. The van der Waals surface area contributed by atoms with Gasteiger partial charge >= 0.3 is 0 Å². The number of anilines is 1. The molecule has 0 spiro atoms. The zero-order valence-corrected chi connectivity index (χ0v) is 18.4. The first-order valence-electron chi connectivity index (χ1n) is 10.3. The van der Waals surface area contributed by atoms with Gasteiger partial charge in [-0.05, 0) is 56.0 Å². The van der Waals surface area contributed by atoms with Gasteiger partial charge in [-0.25, -0.2) is 0 Å². The van der Waals surface area contributed by atoms with Crippen LogP contribution in [0.15, 0.2) is 24.3 Å². The number of nitrogens with one attached hydrogen (secondary N) is 2. The smallest absolute Gasteiger partial charge is 0.234 e. The van der Waals surface area contributed by atoms with E-state index in [2.05, 4.69) is 44.7 Å². The van der Waals surface area contributed by atoms with Crippen molar-refractivity contribution in [2.75, 3.05) is 50.7 Å². The van der Waals surface area contributed by atoms with E-state index in [1.54, 1.807) is 0 Å². The molecule has 162 valence electrons. The molecule has 6 nitrogen and oxygen atoms in total. The fraction of sp³-hybridized carbons (Fsp3) is 0.619. The first kappa shape index (κ1) is 23.9. The Labute approximate surface area is 185 Å². The number of halogens is 2. The maximum Gasteiger partial charge on any atom is 0.234 e. The van der Waals surface area contributed by atoms with Crippen molar-refractivity contribution in [3.8, 4) is 0 Å². The molecule has 1 unspecified atom stereocenters. The molecular formula is C21H32Cl2N4O2. The fourth-order valence-corrected chi connectivity index (χ4v) is 4.55. The summed E-state index contributed by atoms with van der Waals surface area (Å²) in [5, 5.41) is 5.89. The van der Waals surface area contributed by atoms with E-state index >= 15 is 0 Å². The minimum Gasteiger partial charge on any atom is -0.369 e. The van der Waals surface area contributed by atoms with E-state index in [9.17, 15) is 9.59 Å². The number of nitrogens with zero attached hydrogens (tertiary/aromatic N) is 2. The molecule has 2 N–H and O–H groups in total. The average molecular weight is 443 g/mol. The van der Waals surface area contributed by atoms with E-state index in [0.717, 1.165) is 37.7 Å². The molecule has 0 aliphatic carbocycles. The molecule has 29 heavy (non-hydrogen) atoms. The lowest BCUT2D eigenvalue weighted by molar-refractivity contribution is -0.134. The van der Waals surface area contributed by atoms with Crippen LogP contribution in [-0.2, 0) is 9.59 Å². The highest BCUT2D eigenvalue weighted by molar-refractivity contribution is 6.00. The number of hydrogen-bond donors (Lipinski definition) is 2. The van der Waals surface area contributed by atoms with E-state index in [1.807, 2.05) is 0 Å². The Morgan fingerprint density at radius 1 is 0.897 bits per heavy atom. The number of carbonyl (C=O) groups excluding carboxylic acids is 2. The molecule has 0 saturated carbocycles. The molecule has 3 heterocycles. The monoisotopic (exact) mass is 442 g/mol. The van der Waals surface area contributed by atoms with Gasteiger partial charge in [-0.15, -0.1) is 24.8 Å². The van der Waals surface area contributed by atoms with Crippen LogP contribution in [-0.4, -0.2) is 62.5 Å². The van der Waals surface area contributed by atoms with E-state index in [-0.39, 0.29) is 42.5 Å². The van der Waals surface area contributed by atoms with Crippen molar-refractivity contribution < 1.29 is 9.59 Å². The lowest BCUT2D eigenvalue weighted by Crippen LogP contribution is -2.48. The van der Waals surface area contributed by atoms with Gasteiger partial charge in [0.25, 0.3) is 0 Å². The highest BCUT2D eigenvalue weighted by Crippen LogP contribution is 2.27. The number of amides is 2. The molecule has 1 atom stereocenters. The van der Waals surface area contributed by atoms with Crippen LogP contribution in [0.3, 0.4) is 0 Å². The van der Waals surface area contributed by atoms with Crippen LogP contribution >= 0.6 is 24.8 Å². The summed E-state index contributed by atoms with van der Waals surface area (Å²) < 4.78 is 0. The highest BCUT2D eigenvalue weighted by atomic mass is 35.5. The van der Waals surface area contributed by atoms with Gasteiger partial charge < -0.3 is 10.2 Å². The van der Waals surface area contributed by atoms with E-state index in [0.29, 0.717) is 12.8 Å². The molecule has 0 aromatic heterocycles. The summed E-state index contributed by atoms with van der Waals surface area (Å²) in [4.78, 5) is 28.4. The Hall–Kier alpha value is -1.34. The summed E-state index contributed by atoms with van der Waals surface area (Å²) >= 11 is 0. The summed E-state index contributed by atoms with van der Waals surface area (Å²) in [5.74, 6) is 0.338. The van der Waals surface area contributed by atoms with Crippen LogP contribution in [0.4, 0.5) is 5.69 Å². The Morgan fingerprint density at radius 3 is 2.17 bits per heavy atom. The standard InChI is InChI=1S/C21H30N4O2.2ClH/c26-20-6-5-19(21(27)23-20)17-1-3-18(4-2-17)25-13-11-24(12-14-25)15-16-7-9-22-10-8-16;;/h1-4,16,19,22H,5-15H2,(H,23,26,27);2*1H. The Kier molecular flexibility index (Phi) is 9.21. The quantitative estimate of drug-likeness (QED) is 0.699. The maximum absolute atomic E-state index is 12.0. The molecule has 1 aromatic carbocycles. The van der Waals surface area contributed by atoms with Crippen molar-refractivity contribution in [2.45, 2.75) is 31.6 Å². The van der Waals surface area contributed by atoms with Crippen LogP contribution in [0.2, 0.25) is 0 Å². The molecular weight excluding hydrogens is 411 g/mol. The van der Waals surface area contributed by atoms with Crippen molar-refractivity contribution in [1.29, 1.82) is 0 Å². The molecule has 1 aromatic rings. The number of hydrogen-bond acceptors (Lipinski definition) is 5. The zero-order chi connectivity index (χ0) is 18.6. The topological polar surface area (TPSA) is 64.7 Å². The average Bonchev–Trinajstić information content (AvgIpc) is 2.70. The Bertz CT molecular complexity index is 672. The molecule has 8 heteroatoms. The van der Waals surface area contributed by atoms with Gasteiger partial charge in [0.15, 0.2) is 0 Å². The fourth-order valence-electron chi connectivity index (χ4n) is 4.55. The summed E-state index contributed by atoms with van der Waals surface area (Å²) in [7, 11) is 0. The van der Waals surface area contributed by atoms with Gasteiger partial charge in [-0.2, -0.15) is 0 Å². The van der Waals surface area contributed by atoms with Gasteiger partial charge in [-0.1, -0.05) is 12.1 Å². The van der Waals surface area contributed by atoms with Gasteiger partial charge in [0, 0.05) is 44.8 Å². The first-order valence-corrected chi connectivity index (χ1v) is 10.3. The highest BCUT2D eigenvalue weighted by Gasteiger charge is 2.28. The van der Waals surface area contributed by atoms with Gasteiger partial charge in [0.2, 0.25) is 11.8 Å². The van der Waals surface area contributed by atoms with Crippen LogP contribution < -0.4 is 15.5 Å². The van der Waals surface area contributed by atoms with Crippen molar-refractivity contribution in [3.63, 3.8) is 0 Å². The minimum absolute atomic E-state index is 0. The normalized spacial score (nSPS) is 23.7. The van der Waals surface area contributed by atoms with E-state index in [1.165, 1.54) is 38.2 Å². The van der Waals surface area contributed by atoms with Gasteiger partial charge in [-0.3, -0.25) is 19.8 Å². The van der Waals surface area contributed by atoms with E-state index in [4.69, 9.17) is 0 Å². The van der Waals surface area contributed by atoms with E-state index < -0.39 is 0 Å². The second kappa shape index (κ2) is 11.2.